The first-order chi connectivity index (χ1) is 18.8. The molecule has 39 heavy (non-hydrogen) atoms. The van der Waals surface area contributed by atoms with Crippen LogP contribution in [-0.2, 0) is 5.41 Å². The van der Waals surface area contributed by atoms with E-state index in [0.29, 0.717) is 11.4 Å². The number of phenols is 1. The molecule has 0 saturated carbocycles. The van der Waals surface area contributed by atoms with Gasteiger partial charge >= 0.3 is 0 Å². The summed E-state index contributed by atoms with van der Waals surface area (Å²) in [7, 11) is 0. The number of phenolic OH excluding ortho intramolecular Hbond substituents is 1. The van der Waals surface area contributed by atoms with Crippen LogP contribution in [0.15, 0.2) is 104 Å². The predicted octanol–water partition coefficient (Wildman–Crippen LogP) is 8.13. The van der Waals surface area contributed by atoms with Gasteiger partial charge in [-0.15, -0.1) is 0 Å². The molecule has 6 rings (SSSR count). The Bertz CT molecular complexity index is 1800. The molecule has 3 heterocycles. The summed E-state index contributed by atoms with van der Waals surface area (Å²) in [6.07, 6.45) is 5.56. The van der Waals surface area contributed by atoms with Gasteiger partial charge in [0.2, 0.25) is 0 Å². The maximum Gasteiger partial charge on any atom is 0.149 e. The highest BCUT2D eigenvalue weighted by Gasteiger charge is 2.22. The van der Waals surface area contributed by atoms with Crippen LogP contribution >= 0.6 is 0 Å². The summed E-state index contributed by atoms with van der Waals surface area (Å²) in [5.74, 6) is 0.860. The number of fused-ring (bicyclic) bond motifs is 1. The van der Waals surface area contributed by atoms with Gasteiger partial charge in [-0.2, -0.15) is 0 Å². The lowest BCUT2D eigenvalue weighted by molar-refractivity contribution is 0.476. The van der Waals surface area contributed by atoms with E-state index in [1.165, 1.54) is 5.56 Å². The monoisotopic (exact) mass is 510 g/mol. The SMILES string of the molecule is Cc1ccc(O)c(-c2nc3c(-c4cc(-c5ccccn5)cc(C(C)(C)C)c4)cncc3n2-c2ccccc2)c1. The smallest absolute Gasteiger partial charge is 0.149 e. The van der Waals surface area contributed by atoms with Crippen molar-refractivity contribution in [3.05, 3.63) is 115 Å². The predicted molar refractivity (Wildman–Crippen MR) is 158 cm³/mol. The molecule has 5 nitrogen and oxygen atoms in total. The second kappa shape index (κ2) is 9.52. The Morgan fingerprint density at radius 3 is 2.28 bits per heavy atom. The summed E-state index contributed by atoms with van der Waals surface area (Å²) < 4.78 is 2.08. The zero-order valence-electron chi connectivity index (χ0n) is 22.6. The molecule has 3 aromatic heterocycles. The second-order valence-corrected chi connectivity index (χ2v) is 10.9. The molecule has 3 aromatic carbocycles. The van der Waals surface area contributed by atoms with Gasteiger partial charge in [0.15, 0.2) is 0 Å². The fourth-order valence-corrected chi connectivity index (χ4v) is 4.95. The third-order valence-corrected chi connectivity index (χ3v) is 7.05. The van der Waals surface area contributed by atoms with Crippen LogP contribution < -0.4 is 0 Å². The van der Waals surface area contributed by atoms with Crippen molar-refractivity contribution in [1.82, 2.24) is 19.5 Å². The van der Waals surface area contributed by atoms with Gasteiger partial charge in [0.25, 0.3) is 0 Å². The second-order valence-electron chi connectivity index (χ2n) is 10.9. The molecule has 0 unspecified atom stereocenters. The van der Waals surface area contributed by atoms with Crippen LogP contribution in [0, 0.1) is 6.92 Å². The van der Waals surface area contributed by atoms with Crippen molar-refractivity contribution in [2.24, 2.45) is 0 Å². The van der Waals surface area contributed by atoms with Crippen molar-refractivity contribution in [2.45, 2.75) is 33.1 Å². The van der Waals surface area contributed by atoms with Gasteiger partial charge < -0.3 is 5.11 Å². The van der Waals surface area contributed by atoms with Crippen LogP contribution in [0.25, 0.3) is 50.5 Å². The third-order valence-electron chi connectivity index (χ3n) is 7.05. The number of aromatic nitrogens is 4. The van der Waals surface area contributed by atoms with Crippen molar-refractivity contribution in [1.29, 1.82) is 0 Å². The van der Waals surface area contributed by atoms with E-state index < -0.39 is 0 Å². The van der Waals surface area contributed by atoms with Crippen LogP contribution in [0.2, 0.25) is 0 Å². The fourth-order valence-electron chi connectivity index (χ4n) is 4.95. The highest BCUT2D eigenvalue weighted by molar-refractivity contribution is 5.96. The average Bonchev–Trinajstić information content (AvgIpc) is 3.34. The van der Waals surface area contributed by atoms with Gasteiger partial charge in [-0.3, -0.25) is 14.5 Å². The zero-order valence-corrected chi connectivity index (χ0v) is 22.6. The number of imidazole rings is 1. The zero-order chi connectivity index (χ0) is 27.1. The van der Waals surface area contributed by atoms with E-state index in [-0.39, 0.29) is 11.2 Å². The minimum Gasteiger partial charge on any atom is -0.507 e. The number of nitrogens with zero attached hydrogens (tertiary/aromatic N) is 4. The highest BCUT2D eigenvalue weighted by atomic mass is 16.3. The van der Waals surface area contributed by atoms with Gasteiger partial charge in [0.05, 0.1) is 23.0 Å². The van der Waals surface area contributed by atoms with Crippen molar-refractivity contribution in [3.63, 3.8) is 0 Å². The summed E-state index contributed by atoms with van der Waals surface area (Å²) in [6, 6.07) is 28.3. The van der Waals surface area contributed by atoms with E-state index in [9.17, 15) is 5.11 Å². The Kier molecular flexibility index (Phi) is 5.99. The molecule has 0 fully saturated rings. The Hall–Kier alpha value is -4.77. The minimum atomic E-state index is -0.0667. The molecular weight excluding hydrogens is 480 g/mol. The van der Waals surface area contributed by atoms with Crippen LogP contribution in [0.3, 0.4) is 0 Å². The summed E-state index contributed by atoms with van der Waals surface area (Å²) in [5, 5.41) is 10.9. The summed E-state index contributed by atoms with van der Waals surface area (Å²) in [4.78, 5) is 14.5. The van der Waals surface area contributed by atoms with E-state index in [0.717, 1.165) is 44.7 Å². The quantitative estimate of drug-likeness (QED) is 0.260. The molecule has 0 amide bonds. The molecule has 0 atom stereocenters. The molecule has 192 valence electrons. The number of rotatable bonds is 4. The van der Waals surface area contributed by atoms with Crippen LogP contribution in [-0.4, -0.2) is 24.6 Å². The van der Waals surface area contributed by atoms with Crippen molar-refractivity contribution >= 4 is 11.0 Å². The molecule has 0 radical (unpaired) electrons. The number of aromatic hydroxyl groups is 1. The maximum atomic E-state index is 10.9. The first-order valence-electron chi connectivity index (χ1n) is 13.1. The number of pyridine rings is 2. The Balaban J connectivity index is 1.66. The van der Waals surface area contributed by atoms with Gasteiger partial charge in [0, 0.05) is 29.2 Å². The largest absolute Gasteiger partial charge is 0.507 e. The number of para-hydroxylation sites is 1. The van der Waals surface area contributed by atoms with Crippen molar-refractivity contribution < 1.29 is 5.11 Å². The molecule has 0 aliphatic rings. The van der Waals surface area contributed by atoms with Gasteiger partial charge in [-0.1, -0.05) is 62.7 Å². The molecule has 6 aromatic rings. The van der Waals surface area contributed by atoms with Gasteiger partial charge in [-0.05, 0) is 72.0 Å². The van der Waals surface area contributed by atoms with E-state index in [2.05, 4.69) is 53.5 Å². The van der Waals surface area contributed by atoms with Crippen LogP contribution in [0.5, 0.6) is 5.75 Å². The average molecular weight is 511 g/mol. The molecule has 0 aliphatic heterocycles. The Morgan fingerprint density at radius 2 is 1.54 bits per heavy atom. The molecule has 5 heteroatoms. The van der Waals surface area contributed by atoms with Gasteiger partial charge in [0.1, 0.15) is 17.1 Å². The van der Waals surface area contributed by atoms with Crippen LogP contribution in [0.4, 0.5) is 0 Å². The fraction of sp³-hybridized carbons (Fsp3) is 0.147. The summed E-state index contributed by atoms with van der Waals surface area (Å²) in [5.41, 5.74) is 9.44. The lowest BCUT2D eigenvalue weighted by atomic mass is 9.84. The topological polar surface area (TPSA) is 63.8 Å². The van der Waals surface area contributed by atoms with E-state index in [4.69, 9.17) is 4.98 Å². The van der Waals surface area contributed by atoms with E-state index in [1.807, 2.05) is 86.2 Å². The van der Waals surface area contributed by atoms with Crippen LogP contribution in [0.1, 0.15) is 31.9 Å². The lowest BCUT2D eigenvalue weighted by Gasteiger charge is -2.21. The van der Waals surface area contributed by atoms with E-state index >= 15 is 0 Å². The number of hydrogen-bond acceptors (Lipinski definition) is 4. The number of benzene rings is 3. The van der Waals surface area contributed by atoms with Crippen molar-refractivity contribution in [3.8, 4) is 45.2 Å². The Morgan fingerprint density at radius 1 is 0.769 bits per heavy atom. The minimum absolute atomic E-state index is 0.0667. The first kappa shape index (κ1) is 24.6. The highest BCUT2D eigenvalue weighted by Crippen LogP contribution is 2.39. The molecule has 0 spiro atoms. The van der Waals surface area contributed by atoms with Crippen molar-refractivity contribution in [2.75, 3.05) is 0 Å². The lowest BCUT2D eigenvalue weighted by Crippen LogP contribution is -2.11. The molecule has 0 bridgehead atoms. The number of aryl methyl sites for hydroxylation is 1. The first-order valence-corrected chi connectivity index (χ1v) is 13.1. The van der Waals surface area contributed by atoms with E-state index in [1.54, 1.807) is 6.07 Å². The molecular formula is C34H30N4O. The number of hydrogen-bond donors (Lipinski definition) is 1. The standard InChI is InChI=1S/C34H30N4O/c1-22-13-14-31(39)27(16-22)33-37-32-28(20-35-21-30(32)38(33)26-10-6-5-7-11-26)23-17-24(29-12-8-9-15-36-29)19-25(18-23)34(2,3)4/h5-21,39H,1-4H3. The normalized spacial score (nSPS) is 11.7. The Labute approximate surface area is 228 Å². The molecule has 1 N–H and O–H groups in total. The van der Waals surface area contributed by atoms with Gasteiger partial charge in [-0.25, -0.2) is 4.98 Å². The summed E-state index contributed by atoms with van der Waals surface area (Å²) in [6.45, 7) is 8.67. The third kappa shape index (κ3) is 4.57. The molecule has 0 saturated heterocycles. The maximum absolute atomic E-state index is 10.9. The molecule has 0 aliphatic carbocycles. The summed E-state index contributed by atoms with van der Waals surface area (Å²) >= 11 is 0.